The SMILES string of the molecule is CNc1cc(-c2cnc(N3CCN(C)CC3)nc2)c(F)cc1N1CCN(C)C(C)C1.O=Cc1ccc(F)cc1C(F)(F)F. The van der Waals surface area contributed by atoms with Crippen molar-refractivity contribution in [2.75, 3.05) is 82.1 Å². The van der Waals surface area contributed by atoms with Gasteiger partial charge in [0.1, 0.15) is 11.6 Å². The molecule has 2 saturated heterocycles. The van der Waals surface area contributed by atoms with Crippen molar-refractivity contribution in [2.24, 2.45) is 0 Å². The highest BCUT2D eigenvalue weighted by Crippen LogP contribution is 2.35. The summed E-state index contributed by atoms with van der Waals surface area (Å²) in [6.07, 6.45) is -1.19. The molecule has 0 radical (unpaired) electrons. The van der Waals surface area contributed by atoms with E-state index >= 15 is 4.39 Å². The molecule has 13 heteroatoms. The number of rotatable bonds is 5. The molecule has 0 spiro atoms. The zero-order valence-electron chi connectivity index (χ0n) is 24.6. The molecule has 5 rings (SSSR count). The number of hydrogen-bond donors (Lipinski definition) is 1. The first-order chi connectivity index (χ1) is 20.4. The maximum atomic E-state index is 15.1. The maximum Gasteiger partial charge on any atom is 0.417 e. The van der Waals surface area contributed by atoms with Crippen LogP contribution in [-0.2, 0) is 6.18 Å². The number of alkyl halides is 3. The molecule has 2 aromatic carbocycles. The Labute approximate surface area is 248 Å². The number of halogens is 5. The Hall–Kier alpha value is -3.84. The highest BCUT2D eigenvalue weighted by atomic mass is 19.4. The average Bonchev–Trinajstić information content (AvgIpc) is 2.99. The third kappa shape index (κ3) is 7.77. The molecule has 1 aromatic heterocycles. The molecule has 0 bridgehead atoms. The van der Waals surface area contributed by atoms with Crippen molar-refractivity contribution in [1.82, 2.24) is 19.8 Å². The smallest absolute Gasteiger partial charge is 0.386 e. The second-order valence-electron chi connectivity index (χ2n) is 10.8. The van der Waals surface area contributed by atoms with Gasteiger partial charge in [0, 0.05) is 88.0 Å². The lowest BCUT2D eigenvalue weighted by atomic mass is 10.0. The summed E-state index contributed by atoms with van der Waals surface area (Å²) in [4.78, 5) is 28.3. The predicted molar refractivity (Wildman–Crippen MR) is 158 cm³/mol. The van der Waals surface area contributed by atoms with Gasteiger partial charge >= 0.3 is 6.18 Å². The first-order valence-electron chi connectivity index (χ1n) is 14.0. The third-order valence-electron chi connectivity index (χ3n) is 7.84. The summed E-state index contributed by atoms with van der Waals surface area (Å²) in [6.45, 7) is 8.75. The number of anilines is 3. The van der Waals surface area contributed by atoms with Crippen molar-refractivity contribution >= 4 is 23.6 Å². The molecule has 2 aliphatic heterocycles. The number of aldehydes is 1. The van der Waals surface area contributed by atoms with Crippen LogP contribution in [-0.4, -0.2) is 99.1 Å². The van der Waals surface area contributed by atoms with Gasteiger partial charge in [0.15, 0.2) is 6.29 Å². The Balaban J connectivity index is 0.000000273. The minimum Gasteiger partial charge on any atom is -0.386 e. The van der Waals surface area contributed by atoms with Crippen LogP contribution < -0.4 is 15.1 Å². The molecule has 232 valence electrons. The fourth-order valence-corrected chi connectivity index (χ4v) is 5.02. The number of carbonyl (C=O) groups excluding carboxylic acids is 1. The van der Waals surface area contributed by atoms with Crippen LogP contribution in [0.1, 0.15) is 22.8 Å². The Morgan fingerprint density at radius 2 is 1.58 bits per heavy atom. The van der Waals surface area contributed by atoms with E-state index in [1.165, 1.54) is 0 Å². The predicted octanol–water partition coefficient (Wildman–Crippen LogP) is 4.87. The summed E-state index contributed by atoms with van der Waals surface area (Å²) in [7, 11) is 6.14. The molecule has 0 amide bonds. The van der Waals surface area contributed by atoms with E-state index in [1.54, 1.807) is 18.5 Å². The zero-order chi connectivity index (χ0) is 31.3. The zero-order valence-corrected chi connectivity index (χ0v) is 24.6. The van der Waals surface area contributed by atoms with Crippen LogP contribution in [0.5, 0.6) is 0 Å². The van der Waals surface area contributed by atoms with Gasteiger partial charge in [-0.25, -0.2) is 18.7 Å². The molecule has 0 aliphatic carbocycles. The number of aromatic nitrogens is 2. The monoisotopic (exact) mass is 605 g/mol. The average molecular weight is 606 g/mol. The molecule has 3 heterocycles. The van der Waals surface area contributed by atoms with Gasteiger partial charge in [-0.05, 0) is 51.4 Å². The van der Waals surface area contributed by atoms with E-state index in [4.69, 9.17) is 0 Å². The van der Waals surface area contributed by atoms with Crippen LogP contribution in [0.4, 0.5) is 39.3 Å². The first kappa shape index (κ1) is 32.1. The molecule has 2 fully saturated rings. The third-order valence-corrected chi connectivity index (χ3v) is 7.84. The number of hydrogen-bond acceptors (Lipinski definition) is 8. The Morgan fingerprint density at radius 3 is 2.16 bits per heavy atom. The molecule has 43 heavy (non-hydrogen) atoms. The summed E-state index contributed by atoms with van der Waals surface area (Å²) >= 11 is 0. The molecule has 1 atom stereocenters. The molecule has 3 aromatic rings. The normalized spacial score (nSPS) is 18.2. The van der Waals surface area contributed by atoms with Crippen molar-refractivity contribution in [2.45, 2.75) is 19.1 Å². The second kappa shape index (κ2) is 13.6. The van der Waals surface area contributed by atoms with Crippen LogP contribution in [0.3, 0.4) is 0 Å². The van der Waals surface area contributed by atoms with Gasteiger partial charge in [-0.1, -0.05) is 0 Å². The highest BCUT2D eigenvalue weighted by molar-refractivity contribution is 5.79. The van der Waals surface area contributed by atoms with Gasteiger partial charge in [0.2, 0.25) is 5.95 Å². The number of nitrogens with one attached hydrogen (secondary N) is 1. The molecule has 2 aliphatic rings. The molecule has 1 N–H and O–H groups in total. The summed E-state index contributed by atoms with van der Waals surface area (Å²) in [6, 6.07) is 5.85. The lowest BCUT2D eigenvalue weighted by Crippen LogP contribution is -2.50. The Bertz CT molecular complexity index is 1390. The minimum absolute atomic E-state index is 0.0439. The van der Waals surface area contributed by atoms with Gasteiger partial charge in [-0.2, -0.15) is 13.2 Å². The van der Waals surface area contributed by atoms with Crippen molar-refractivity contribution in [3.63, 3.8) is 0 Å². The summed E-state index contributed by atoms with van der Waals surface area (Å²) in [5.41, 5.74) is 1.24. The fraction of sp³-hybridized carbons (Fsp3) is 0.433. The van der Waals surface area contributed by atoms with Gasteiger partial charge in [-0.3, -0.25) is 4.79 Å². The van der Waals surface area contributed by atoms with E-state index in [2.05, 4.69) is 55.9 Å². The summed E-state index contributed by atoms with van der Waals surface area (Å²) in [5.74, 6) is -0.548. The van der Waals surface area contributed by atoms with E-state index in [0.29, 0.717) is 29.2 Å². The van der Waals surface area contributed by atoms with Crippen LogP contribution in [0.2, 0.25) is 0 Å². The molecule has 0 saturated carbocycles. The van der Waals surface area contributed by atoms with Crippen molar-refractivity contribution in [3.8, 4) is 11.1 Å². The standard InChI is InChI=1S/C22H32FN7.C8H4F4O/c1-16-15-30(10-7-28(16)4)21-12-19(23)18(11-20(21)24-2)17-13-25-22(26-14-17)29-8-5-27(3)6-9-29;9-6-2-1-5(4-13)7(3-6)8(10,11)12/h11-14,16,24H,5-10,15H2,1-4H3;1-4H. The number of piperazine rings is 2. The van der Waals surface area contributed by atoms with Gasteiger partial charge in [0.05, 0.1) is 16.9 Å². The first-order valence-corrected chi connectivity index (χ1v) is 14.0. The fourth-order valence-electron chi connectivity index (χ4n) is 5.02. The minimum atomic E-state index is -4.70. The van der Waals surface area contributed by atoms with Crippen LogP contribution in [0, 0.1) is 11.6 Å². The topological polar surface area (TPSA) is 67.8 Å². The quantitative estimate of drug-likeness (QED) is 0.327. The number of likely N-dealkylation sites (N-methyl/N-ethyl adjacent to an activating group) is 2. The van der Waals surface area contributed by atoms with Crippen molar-refractivity contribution in [3.05, 3.63) is 65.5 Å². The highest BCUT2D eigenvalue weighted by Gasteiger charge is 2.33. The molecular weight excluding hydrogens is 569 g/mol. The second-order valence-corrected chi connectivity index (χ2v) is 10.8. The van der Waals surface area contributed by atoms with Gasteiger partial charge in [-0.15, -0.1) is 0 Å². The Morgan fingerprint density at radius 1 is 0.930 bits per heavy atom. The molecule has 8 nitrogen and oxygen atoms in total. The van der Waals surface area contributed by atoms with Crippen LogP contribution >= 0.6 is 0 Å². The van der Waals surface area contributed by atoms with Crippen molar-refractivity contribution < 1.29 is 26.7 Å². The molecule has 1 unspecified atom stereocenters. The van der Waals surface area contributed by atoms with E-state index in [1.807, 2.05) is 13.1 Å². The number of carbonyl (C=O) groups is 1. The Kier molecular flexibility index (Phi) is 10.2. The van der Waals surface area contributed by atoms with E-state index < -0.39 is 23.1 Å². The van der Waals surface area contributed by atoms with Crippen LogP contribution in [0.15, 0.2) is 42.7 Å². The van der Waals surface area contributed by atoms with Gasteiger partial charge in [0.25, 0.3) is 0 Å². The summed E-state index contributed by atoms with van der Waals surface area (Å²) < 4.78 is 63.8. The van der Waals surface area contributed by atoms with E-state index in [-0.39, 0.29) is 12.1 Å². The molecular formula is C30H36F5N7O. The van der Waals surface area contributed by atoms with Gasteiger partial charge < -0.3 is 24.9 Å². The van der Waals surface area contributed by atoms with Crippen LogP contribution in [0.25, 0.3) is 11.1 Å². The maximum absolute atomic E-state index is 15.1. The number of nitrogens with zero attached hydrogens (tertiary/aromatic N) is 6. The largest absolute Gasteiger partial charge is 0.417 e. The lowest BCUT2D eigenvalue weighted by Gasteiger charge is -2.39. The van der Waals surface area contributed by atoms with E-state index in [9.17, 15) is 22.4 Å². The lowest BCUT2D eigenvalue weighted by molar-refractivity contribution is -0.138. The number of benzene rings is 2. The van der Waals surface area contributed by atoms with E-state index in [0.717, 1.165) is 69.3 Å². The van der Waals surface area contributed by atoms with Crippen molar-refractivity contribution in [1.29, 1.82) is 0 Å². The summed E-state index contributed by atoms with van der Waals surface area (Å²) in [5, 5.41) is 3.25.